The molecule has 0 fully saturated rings. The van der Waals surface area contributed by atoms with Crippen molar-refractivity contribution in [3.05, 3.63) is 69.5 Å². The molecule has 0 saturated heterocycles. The molecule has 0 spiro atoms. The highest BCUT2D eigenvalue weighted by Crippen LogP contribution is 2.37. The van der Waals surface area contributed by atoms with Gasteiger partial charge in [0.15, 0.2) is 0 Å². The third-order valence-electron chi connectivity index (χ3n) is 3.30. The van der Waals surface area contributed by atoms with Crippen molar-refractivity contribution in [1.29, 1.82) is 0 Å². The van der Waals surface area contributed by atoms with Crippen LogP contribution in [-0.4, -0.2) is 11.9 Å². The number of halogens is 5. The van der Waals surface area contributed by atoms with E-state index in [1.54, 1.807) is 0 Å². The topological polar surface area (TPSA) is 29.1 Å². The van der Waals surface area contributed by atoms with Gasteiger partial charge in [0, 0.05) is 10.6 Å². The first-order valence-corrected chi connectivity index (χ1v) is 7.38. The molecule has 0 heterocycles. The molecule has 2 aromatic carbocycles. The minimum Gasteiger partial charge on any atom is -0.343 e. The van der Waals surface area contributed by atoms with E-state index < -0.39 is 29.3 Å². The molecule has 1 atom stereocenters. The fourth-order valence-corrected chi connectivity index (χ4v) is 2.54. The van der Waals surface area contributed by atoms with Gasteiger partial charge in [-0.2, -0.15) is 8.78 Å². The van der Waals surface area contributed by atoms with Gasteiger partial charge in [0.25, 0.3) is 11.8 Å². The summed E-state index contributed by atoms with van der Waals surface area (Å²) in [7, 11) is 0. The van der Waals surface area contributed by atoms with Crippen LogP contribution in [0.4, 0.5) is 13.2 Å². The lowest BCUT2D eigenvalue weighted by molar-refractivity contribution is -0.0355. The zero-order chi connectivity index (χ0) is 17.2. The fourth-order valence-electron chi connectivity index (χ4n) is 2.00. The lowest BCUT2D eigenvalue weighted by Crippen LogP contribution is -2.44. The number of rotatable bonds is 4. The van der Waals surface area contributed by atoms with Gasteiger partial charge in [-0.25, -0.2) is 4.39 Å². The standard InChI is InChI=1S/C16H12Cl2F3NO/c1-9(22-15(23)11-4-2-3-5-14(11)19)16(20,21)12-7-6-10(17)8-13(12)18/h2-9H,1H3,(H,22,23)/t9-/m0/s1. The summed E-state index contributed by atoms with van der Waals surface area (Å²) >= 11 is 11.5. The number of hydrogen-bond acceptors (Lipinski definition) is 1. The van der Waals surface area contributed by atoms with E-state index in [4.69, 9.17) is 23.2 Å². The summed E-state index contributed by atoms with van der Waals surface area (Å²) in [6, 6.07) is 7.09. The van der Waals surface area contributed by atoms with Crippen molar-refractivity contribution in [3.63, 3.8) is 0 Å². The van der Waals surface area contributed by atoms with Crippen molar-refractivity contribution in [3.8, 4) is 0 Å². The Morgan fingerprint density at radius 3 is 2.43 bits per heavy atom. The molecule has 7 heteroatoms. The predicted octanol–water partition coefficient (Wildman–Crippen LogP) is 5.04. The van der Waals surface area contributed by atoms with Gasteiger partial charge in [0.05, 0.1) is 16.6 Å². The van der Waals surface area contributed by atoms with Gasteiger partial charge in [-0.3, -0.25) is 4.79 Å². The number of carbonyl (C=O) groups is 1. The molecular formula is C16H12Cl2F3NO. The van der Waals surface area contributed by atoms with E-state index in [9.17, 15) is 18.0 Å². The normalized spacial score (nSPS) is 12.8. The minimum absolute atomic E-state index is 0.213. The molecule has 0 aliphatic heterocycles. The molecule has 122 valence electrons. The third kappa shape index (κ3) is 3.79. The summed E-state index contributed by atoms with van der Waals surface area (Å²) in [5, 5.41) is 2.10. The second kappa shape index (κ2) is 6.81. The van der Waals surface area contributed by atoms with Crippen molar-refractivity contribution in [1.82, 2.24) is 5.32 Å². The number of hydrogen-bond donors (Lipinski definition) is 1. The Hall–Kier alpha value is -1.72. The van der Waals surface area contributed by atoms with Crippen molar-refractivity contribution in [2.75, 3.05) is 0 Å². The van der Waals surface area contributed by atoms with Crippen LogP contribution in [0.25, 0.3) is 0 Å². The van der Waals surface area contributed by atoms with Gasteiger partial charge in [0.2, 0.25) is 0 Å². The average molecular weight is 362 g/mol. The largest absolute Gasteiger partial charge is 0.343 e. The van der Waals surface area contributed by atoms with Gasteiger partial charge in [-0.05, 0) is 37.3 Å². The quantitative estimate of drug-likeness (QED) is 0.811. The average Bonchev–Trinajstić information content (AvgIpc) is 2.47. The van der Waals surface area contributed by atoms with E-state index in [0.717, 1.165) is 19.1 Å². The third-order valence-corrected chi connectivity index (χ3v) is 3.85. The zero-order valence-corrected chi connectivity index (χ0v) is 13.4. The number of benzene rings is 2. The fraction of sp³-hybridized carbons (Fsp3) is 0.188. The van der Waals surface area contributed by atoms with Crippen LogP contribution in [0.15, 0.2) is 42.5 Å². The summed E-state index contributed by atoms with van der Waals surface area (Å²) in [5.74, 6) is -5.17. The zero-order valence-electron chi connectivity index (χ0n) is 11.9. The first-order chi connectivity index (χ1) is 10.7. The van der Waals surface area contributed by atoms with Crippen LogP contribution in [0.2, 0.25) is 10.0 Å². The number of carbonyl (C=O) groups excluding carboxylic acids is 1. The predicted molar refractivity (Wildman–Crippen MR) is 83.7 cm³/mol. The van der Waals surface area contributed by atoms with Gasteiger partial charge in [0.1, 0.15) is 5.82 Å². The van der Waals surface area contributed by atoms with Gasteiger partial charge >= 0.3 is 0 Å². The van der Waals surface area contributed by atoms with Gasteiger partial charge in [-0.1, -0.05) is 35.3 Å². The van der Waals surface area contributed by atoms with Crippen molar-refractivity contribution < 1.29 is 18.0 Å². The summed E-state index contributed by atoms with van der Waals surface area (Å²) in [4.78, 5) is 12.0. The molecule has 0 radical (unpaired) electrons. The van der Waals surface area contributed by atoms with E-state index in [2.05, 4.69) is 5.32 Å². The van der Waals surface area contributed by atoms with Crippen LogP contribution in [0.1, 0.15) is 22.8 Å². The molecule has 2 nitrogen and oxygen atoms in total. The molecule has 23 heavy (non-hydrogen) atoms. The van der Waals surface area contributed by atoms with Crippen LogP contribution < -0.4 is 5.32 Å². The number of alkyl halides is 2. The molecule has 0 aromatic heterocycles. The SMILES string of the molecule is C[C@H](NC(=O)c1ccccc1F)C(F)(F)c1ccc(Cl)cc1Cl. The lowest BCUT2D eigenvalue weighted by Gasteiger charge is -2.26. The van der Waals surface area contributed by atoms with Crippen LogP contribution >= 0.6 is 23.2 Å². The Bertz CT molecular complexity index is 737. The Kier molecular flexibility index (Phi) is 5.22. The van der Waals surface area contributed by atoms with Crippen molar-refractivity contribution in [2.45, 2.75) is 18.9 Å². The first kappa shape index (κ1) is 17.6. The van der Waals surface area contributed by atoms with E-state index in [1.165, 1.54) is 30.3 Å². The Labute approximate surface area is 141 Å². The Morgan fingerprint density at radius 1 is 1.17 bits per heavy atom. The van der Waals surface area contributed by atoms with Crippen LogP contribution in [0.3, 0.4) is 0 Å². The molecule has 0 bridgehead atoms. The number of nitrogens with one attached hydrogen (secondary N) is 1. The van der Waals surface area contributed by atoms with E-state index >= 15 is 0 Å². The summed E-state index contributed by atoms with van der Waals surface area (Å²) in [5.41, 5.74) is -0.776. The lowest BCUT2D eigenvalue weighted by atomic mass is 10.0. The molecule has 2 aromatic rings. The highest BCUT2D eigenvalue weighted by Gasteiger charge is 2.41. The van der Waals surface area contributed by atoms with Gasteiger partial charge < -0.3 is 5.32 Å². The summed E-state index contributed by atoms with van der Waals surface area (Å²) < 4.78 is 42.5. The van der Waals surface area contributed by atoms with Crippen LogP contribution in [-0.2, 0) is 5.92 Å². The minimum atomic E-state index is -3.46. The maximum atomic E-state index is 14.5. The summed E-state index contributed by atoms with van der Waals surface area (Å²) in [6.45, 7) is 1.11. The maximum Gasteiger partial charge on any atom is 0.294 e. The smallest absolute Gasteiger partial charge is 0.294 e. The van der Waals surface area contributed by atoms with E-state index in [-0.39, 0.29) is 15.6 Å². The highest BCUT2D eigenvalue weighted by molar-refractivity contribution is 6.35. The molecule has 0 aliphatic carbocycles. The molecular weight excluding hydrogens is 350 g/mol. The van der Waals surface area contributed by atoms with Crippen molar-refractivity contribution in [2.24, 2.45) is 0 Å². The van der Waals surface area contributed by atoms with E-state index in [0.29, 0.717) is 0 Å². The molecule has 2 rings (SSSR count). The van der Waals surface area contributed by atoms with Crippen LogP contribution in [0, 0.1) is 5.82 Å². The molecule has 1 N–H and O–H groups in total. The molecule has 1 amide bonds. The second-order valence-electron chi connectivity index (χ2n) is 4.92. The van der Waals surface area contributed by atoms with Crippen LogP contribution in [0.5, 0.6) is 0 Å². The van der Waals surface area contributed by atoms with E-state index in [1.807, 2.05) is 0 Å². The maximum absolute atomic E-state index is 14.5. The Morgan fingerprint density at radius 2 is 1.83 bits per heavy atom. The van der Waals surface area contributed by atoms with Gasteiger partial charge in [-0.15, -0.1) is 0 Å². The summed E-state index contributed by atoms with van der Waals surface area (Å²) in [6.07, 6.45) is 0. The molecule has 0 saturated carbocycles. The molecule has 0 unspecified atom stereocenters. The number of amides is 1. The van der Waals surface area contributed by atoms with Crippen molar-refractivity contribution >= 4 is 29.1 Å². The molecule has 0 aliphatic rings. The second-order valence-corrected chi connectivity index (χ2v) is 5.77. The monoisotopic (exact) mass is 361 g/mol. The highest BCUT2D eigenvalue weighted by atomic mass is 35.5. The Balaban J connectivity index is 2.23. The first-order valence-electron chi connectivity index (χ1n) is 6.62.